The van der Waals surface area contributed by atoms with Crippen LogP contribution < -0.4 is 10.0 Å². The highest BCUT2D eigenvalue weighted by atomic mass is 32.2. The molecule has 3 rings (SSSR count). The van der Waals surface area contributed by atoms with Gasteiger partial charge in [-0.15, -0.1) is 0 Å². The van der Waals surface area contributed by atoms with Crippen molar-refractivity contribution in [2.24, 2.45) is 0 Å². The summed E-state index contributed by atoms with van der Waals surface area (Å²) >= 11 is 0. The Bertz CT molecular complexity index is 833. The standard InChI is InChI=1S/C15H14N2O4S/c16-11-4-3-5-12(10-11)22(19,20)17-8-9-21-15(18)13-6-1-2-7-14(13)17/h1-7,10H,8-9,16H2. The number of cyclic esters (lactones) is 1. The SMILES string of the molecule is Nc1cccc(S(=O)(=O)N2CCOC(=O)c3ccccc32)c1. The number of nitrogen functional groups attached to an aromatic ring is 1. The molecule has 0 radical (unpaired) electrons. The van der Waals surface area contributed by atoms with Gasteiger partial charge in [0.1, 0.15) is 6.61 Å². The van der Waals surface area contributed by atoms with Crippen molar-refractivity contribution in [3.8, 4) is 0 Å². The number of carbonyl (C=O) groups is 1. The molecule has 22 heavy (non-hydrogen) atoms. The average molecular weight is 318 g/mol. The van der Waals surface area contributed by atoms with Gasteiger partial charge in [-0.1, -0.05) is 18.2 Å². The molecule has 2 aromatic rings. The maximum atomic E-state index is 12.9. The Morgan fingerprint density at radius 3 is 2.64 bits per heavy atom. The summed E-state index contributed by atoms with van der Waals surface area (Å²) in [6, 6.07) is 12.5. The summed E-state index contributed by atoms with van der Waals surface area (Å²) in [6.45, 7) is 0.0505. The van der Waals surface area contributed by atoms with Crippen LogP contribution in [0.3, 0.4) is 0 Å². The fourth-order valence-electron chi connectivity index (χ4n) is 2.34. The van der Waals surface area contributed by atoms with Crippen molar-refractivity contribution >= 4 is 27.4 Å². The van der Waals surface area contributed by atoms with Crippen LogP contribution in [0, 0.1) is 0 Å². The van der Waals surface area contributed by atoms with E-state index < -0.39 is 16.0 Å². The molecule has 0 bridgehead atoms. The van der Waals surface area contributed by atoms with Gasteiger partial charge in [0.25, 0.3) is 10.0 Å². The Labute approximate surface area is 128 Å². The zero-order valence-corrected chi connectivity index (χ0v) is 12.4. The van der Waals surface area contributed by atoms with E-state index in [-0.39, 0.29) is 23.6 Å². The Morgan fingerprint density at radius 2 is 1.86 bits per heavy atom. The maximum Gasteiger partial charge on any atom is 0.340 e. The van der Waals surface area contributed by atoms with Crippen molar-refractivity contribution in [3.05, 3.63) is 54.1 Å². The summed E-state index contributed by atoms with van der Waals surface area (Å²) < 4.78 is 32.0. The second kappa shape index (κ2) is 5.34. The molecule has 0 saturated heterocycles. The van der Waals surface area contributed by atoms with Gasteiger partial charge in [0.2, 0.25) is 0 Å². The van der Waals surface area contributed by atoms with Gasteiger partial charge in [-0.2, -0.15) is 0 Å². The lowest BCUT2D eigenvalue weighted by molar-refractivity contribution is 0.0527. The molecule has 1 aliphatic heterocycles. The molecule has 2 N–H and O–H groups in total. The third kappa shape index (κ3) is 2.39. The molecule has 7 heteroatoms. The van der Waals surface area contributed by atoms with Gasteiger partial charge in [-0.05, 0) is 30.3 Å². The number of nitrogens with zero attached hydrogens (tertiary/aromatic N) is 1. The molecule has 6 nitrogen and oxygen atoms in total. The number of para-hydroxylation sites is 1. The topological polar surface area (TPSA) is 89.7 Å². The number of benzene rings is 2. The van der Waals surface area contributed by atoms with E-state index in [2.05, 4.69) is 0 Å². The maximum absolute atomic E-state index is 12.9. The Hall–Kier alpha value is -2.54. The Balaban J connectivity index is 2.15. The van der Waals surface area contributed by atoms with Gasteiger partial charge in [-0.25, -0.2) is 13.2 Å². The van der Waals surface area contributed by atoms with Gasteiger partial charge in [0, 0.05) is 5.69 Å². The number of fused-ring (bicyclic) bond motifs is 1. The van der Waals surface area contributed by atoms with Crippen LogP contribution in [0.5, 0.6) is 0 Å². The zero-order chi connectivity index (χ0) is 15.7. The van der Waals surface area contributed by atoms with E-state index >= 15 is 0 Å². The molecule has 2 aromatic carbocycles. The van der Waals surface area contributed by atoms with Crippen molar-refractivity contribution in [1.29, 1.82) is 0 Å². The summed E-state index contributed by atoms with van der Waals surface area (Å²) in [7, 11) is -3.82. The number of rotatable bonds is 2. The largest absolute Gasteiger partial charge is 0.460 e. The van der Waals surface area contributed by atoms with Gasteiger partial charge in [-0.3, -0.25) is 4.31 Å². The molecule has 0 atom stereocenters. The quantitative estimate of drug-likeness (QED) is 0.671. The van der Waals surface area contributed by atoms with Crippen molar-refractivity contribution < 1.29 is 17.9 Å². The van der Waals surface area contributed by atoms with Crippen molar-refractivity contribution in [3.63, 3.8) is 0 Å². The van der Waals surface area contributed by atoms with Gasteiger partial charge < -0.3 is 10.5 Å². The lowest BCUT2D eigenvalue weighted by Gasteiger charge is -2.23. The van der Waals surface area contributed by atoms with E-state index in [1.807, 2.05) is 0 Å². The Kier molecular flexibility index (Phi) is 3.50. The first-order valence-corrected chi connectivity index (χ1v) is 8.08. The van der Waals surface area contributed by atoms with Crippen LogP contribution in [0.25, 0.3) is 0 Å². The molecule has 0 saturated carbocycles. The Morgan fingerprint density at radius 1 is 1.09 bits per heavy atom. The van der Waals surface area contributed by atoms with Crippen molar-refractivity contribution in [2.45, 2.75) is 4.90 Å². The predicted molar refractivity (Wildman–Crippen MR) is 82.1 cm³/mol. The summed E-state index contributed by atoms with van der Waals surface area (Å²) in [5.74, 6) is -0.527. The number of esters is 1. The molecule has 1 aliphatic rings. The predicted octanol–water partition coefficient (Wildman–Crippen LogP) is 1.63. The van der Waals surface area contributed by atoms with Crippen molar-refractivity contribution in [1.82, 2.24) is 0 Å². The third-order valence-corrected chi connectivity index (χ3v) is 5.18. The van der Waals surface area contributed by atoms with Crippen molar-refractivity contribution in [2.75, 3.05) is 23.2 Å². The molecular weight excluding hydrogens is 304 g/mol. The minimum absolute atomic E-state index is 0.00490. The molecule has 114 valence electrons. The van der Waals surface area contributed by atoms with Crippen LogP contribution >= 0.6 is 0 Å². The fraction of sp³-hybridized carbons (Fsp3) is 0.133. The van der Waals surface area contributed by atoms with E-state index in [9.17, 15) is 13.2 Å². The van der Waals surface area contributed by atoms with Crippen LogP contribution in [0.1, 0.15) is 10.4 Å². The molecule has 1 heterocycles. The van der Waals surface area contributed by atoms with Gasteiger partial charge in [0.05, 0.1) is 22.7 Å². The van der Waals surface area contributed by atoms with Crippen LogP contribution in [0.2, 0.25) is 0 Å². The smallest absolute Gasteiger partial charge is 0.340 e. The highest BCUT2D eigenvalue weighted by Crippen LogP contribution is 2.29. The number of anilines is 2. The number of ether oxygens (including phenoxy) is 1. The number of hydrogen-bond donors (Lipinski definition) is 1. The first-order chi connectivity index (χ1) is 10.5. The van der Waals surface area contributed by atoms with E-state index in [0.717, 1.165) is 0 Å². The van der Waals surface area contributed by atoms with Gasteiger partial charge in [0.15, 0.2) is 0 Å². The molecule has 0 spiro atoms. The molecule has 0 unspecified atom stereocenters. The third-order valence-electron chi connectivity index (χ3n) is 3.37. The molecule has 0 fully saturated rings. The number of hydrogen-bond acceptors (Lipinski definition) is 5. The number of nitrogens with two attached hydrogens (primary N) is 1. The second-order valence-electron chi connectivity index (χ2n) is 4.80. The first kappa shape index (κ1) is 14.4. The monoisotopic (exact) mass is 318 g/mol. The minimum Gasteiger partial charge on any atom is -0.460 e. The van der Waals surface area contributed by atoms with E-state index in [4.69, 9.17) is 10.5 Å². The summed E-state index contributed by atoms with van der Waals surface area (Å²) in [6.07, 6.45) is 0. The number of sulfonamides is 1. The lowest BCUT2D eigenvalue weighted by atomic mass is 10.2. The fourth-order valence-corrected chi connectivity index (χ4v) is 3.86. The van der Waals surface area contributed by atoms with Gasteiger partial charge >= 0.3 is 5.97 Å². The van der Waals surface area contributed by atoms with Crippen LogP contribution in [0.4, 0.5) is 11.4 Å². The summed E-state index contributed by atoms with van der Waals surface area (Å²) in [5, 5.41) is 0. The molecular formula is C15H14N2O4S. The number of carbonyl (C=O) groups excluding carboxylic acids is 1. The normalized spacial score (nSPS) is 14.9. The molecule has 0 aromatic heterocycles. The summed E-state index contributed by atoms with van der Waals surface area (Å²) in [4.78, 5) is 12.0. The average Bonchev–Trinajstić information content (AvgIpc) is 2.67. The van der Waals surface area contributed by atoms with E-state index in [1.165, 1.54) is 16.4 Å². The van der Waals surface area contributed by atoms with E-state index in [1.54, 1.807) is 36.4 Å². The van der Waals surface area contributed by atoms with Crippen LogP contribution in [-0.4, -0.2) is 27.5 Å². The van der Waals surface area contributed by atoms with Crippen LogP contribution in [0.15, 0.2) is 53.4 Å². The minimum atomic E-state index is -3.82. The molecule has 0 amide bonds. The van der Waals surface area contributed by atoms with E-state index in [0.29, 0.717) is 11.4 Å². The molecule has 0 aliphatic carbocycles. The lowest BCUT2D eigenvalue weighted by Crippen LogP contribution is -2.33. The van der Waals surface area contributed by atoms with Crippen LogP contribution in [-0.2, 0) is 14.8 Å². The first-order valence-electron chi connectivity index (χ1n) is 6.64. The highest BCUT2D eigenvalue weighted by molar-refractivity contribution is 7.92. The zero-order valence-electron chi connectivity index (χ0n) is 11.6. The summed E-state index contributed by atoms with van der Waals surface area (Å²) in [5.41, 5.74) is 6.57. The highest BCUT2D eigenvalue weighted by Gasteiger charge is 2.31. The second-order valence-corrected chi connectivity index (χ2v) is 6.67.